The molecule has 2 aliphatic heterocycles. The summed E-state index contributed by atoms with van der Waals surface area (Å²) in [5.74, 6) is 0. The Morgan fingerprint density at radius 1 is 1.14 bits per heavy atom. The van der Waals surface area contributed by atoms with Gasteiger partial charge in [0.15, 0.2) is 0 Å². The first kappa shape index (κ1) is 19.9. The van der Waals surface area contributed by atoms with Gasteiger partial charge >= 0.3 is 6.09 Å². The van der Waals surface area contributed by atoms with Crippen LogP contribution in [0.25, 0.3) is 0 Å². The van der Waals surface area contributed by atoms with E-state index < -0.39 is 5.60 Å². The minimum atomic E-state index is -0.439. The van der Waals surface area contributed by atoms with Crippen LogP contribution in [0.1, 0.15) is 57.6 Å². The number of hydrogen-bond donors (Lipinski definition) is 1. The fraction of sp³-hybridized carbons (Fsp3) is 0.591. The van der Waals surface area contributed by atoms with Gasteiger partial charge in [-0.1, -0.05) is 24.3 Å². The maximum absolute atomic E-state index is 12.6. The van der Waals surface area contributed by atoms with Crippen molar-refractivity contribution in [1.82, 2.24) is 25.0 Å². The predicted octanol–water partition coefficient (Wildman–Crippen LogP) is 3.35. The number of rotatable bonds is 5. The fourth-order valence-corrected chi connectivity index (χ4v) is 4.48. The average Bonchev–Trinajstić information content (AvgIpc) is 3.26. The lowest BCUT2D eigenvalue weighted by atomic mass is 9.97. The Labute approximate surface area is 172 Å². The molecule has 0 spiro atoms. The highest BCUT2D eigenvalue weighted by molar-refractivity contribution is 5.69. The fourth-order valence-electron chi connectivity index (χ4n) is 4.48. The van der Waals surface area contributed by atoms with Crippen molar-refractivity contribution in [2.45, 2.75) is 83.3 Å². The lowest BCUT2D eigenvalue weighted by Crippen LogP contribution is -2.52. The Hall–Kier alpha value is -2.41. The van der Waals surface area contributed by atoms with Gasteiger partial charge in [0.1, 0.15) is 18.3 Å². The summed E-state index contributed by atoms with van der Waals surface area (Å²) in [6, 6.07) is 9.67. The summed E-state index contributed by atoms with van der Waals surface area (Å²) < 4.78 is 7.45. The van der Waals surface area contributed by atoms with E-state index in [1.165, 1.54) is 11.1 Å². The molecule has 29 heavy (non-hydrogen) atoms. The first-order valence-electron chi connectivity index (χ1n) is 10.5. The van der Waals surface area contributed by atoms with Crippen molar-refractivity contribution >= 4 is 6.09 Å². The number of aromatic nitrogens is 3. The van der Waals surface area contributed by atoms with Gasteiger partial charge in [0, 0.05) is 24.7 Å². The van der Waals surface area contributed by atoms with E-state index in [0.29, 0.717) is 18.1 Å². The van der Waals surface area contributed by atoms with E-state index in [-0.39, 0.29) is 6.09 Å². The monoisotopic (exact) mass is 397 g/mol. The van der Waals surface area contributed by atoms with Crippen molar-refractivity contribution in [3.8, 4) is 0 Å². The van der Waals surface area contributed by atoms with Crippen molar-refractivity contribution < 1.29 is 9.53 Å². The predicted molar refractivity (Wildman–Crippen MR) is 110 cm³/mol. The van der Waals surface area contributed by atoms with Crippen LogP contribution in [0.4, 0.5) is 4.79 Å². The van der Waals surface area contributed by atoms with Crippen LogP contribution < -0.4 is 5.32 Å². The van der Waals surface area contributed by atoms with Crippen LogP contribution in [0.15, 0.2) is 36.9 Å². The number of benzene rings is 1. The molecule has 7 heteroatoms. The van der Waals surface area contributed by atoms with Gasteiger partial charge in [-0.15, -0.1) is 0 Å². The highest BCUT2D eigenvalue weighted by Crippen LogP contribution is 2.36. The molecule has 0 unspecified atom stereocenters. The van der Waals surface area contributed by atoms with Crippen molar-refractivity contribution in [3.63, 3.8) is 0 Å². The van der Waals surface area contributed by atoms with E-state index in [1.54, 1.807) is 12.7 Å². The molecular formula is C22H31N5O2. The van der Waals surface area contributed by atoms with E-state index in [9.17, 15) is 4.79 Å². The topological polar surface area (TPSA) is 72.3 Å². The first-order chi connectivity index (χ1) is 13.9. The summed E-state index contributed by atoms with van der Waals surface area (Å²) in [4.78, 5) is 18.6. The first-order valence-corrected chi connectivity index (χ1v) is 10.5. The number of ether oxygens (including phenoxy) is 1. The van der Waals surface area contributed by atoms with Gasteiger partial charge in [-0.2, -0.15) is 5.10 Å². The van der Waals surface area contributed by atoms with Crippen LogP contribution in [-0.4, -0.2) is 49.5 Å². The summed E-state index contributed by atoms with van der Waals surface area (Å²) in [6.07, 6.45) is 7.30. The number of nitrogens with zero attached hydrogens (tertiary/aromatic N) is 4. The molecule has 1 N–H and O–H groups in total. The summed E-state index contributed by atoms with van der Waals surface area (Å²) in [7, 11) is 0. The summed E-state index contributed by atoms with van der Waals surface area (Å²) in [6.45, 7) is 7.37. The Kier molecular flexibility index (Phi) is 5.58. The highest BCUT2D eigenvalue weighted by Gasteiger charge is 2.44. The standard InChI is InChI=1S/C22H31N5O2/c1-22(2,3)29-21(28)27-19-8-9-20(27)11-18(10-19)24-12-16-4-6-17(7-5-16)13-26-15-23-14-25-26/h4-7,14-15,18-20,24H,8-13H2,1-3H3/t19-,20-/m0/s1. The Bertz CT molecular complexity index is 799. The Morgan fingerprint density at radius 2 is 1.79 bits per heavy atom. The lowest BCUT2D eigenvalue weighted by Gasteiger charge is -2.39. The minimum Gasteiger partial charge on any atom is -0.444 e. The zero-order valence-electron chi connectivity index (χ0n) is 17.5. The maximum Gasteiger partial charge on any atom is 0.410 e. The van der Waals surface area contributed by atoms with Crippen LogP contribution in [0.5, 0.6) is 0 Å². The second-order valence-corrected chi connectivity index (χ2v) is 9.23. The zero-order chi connectivity index (χ0) is 20.4. The molecule has 4 rings (SSSR count). The smallest absolute Gasteiger partial charge is 0.410 e. The van der Waals surface area contributed by atoms with Gasteiger partial charge in [0.25, 0.3) is 0 Å². The largest absolute Gasteiger partial charge is 0.444 e. The molecule has 0 radical (unpaired) electrons. The molecule has 1 aromatic heterocycles. The van der Waals surface area contributed by atoms with Crippen LogP contribution >= 0.6 is 0 Å². The van der Waals surface area contributed by atoms with Crippen molar-refractivity contribution in [2.75, 3.05) is 0 Å². The van der Waals surface area contributed by atoms with Gasteiger partial charge in [0.2, 0.25) is 0 Å². The highest BCUT2D eigenvalue weighted by atomic mass is 16.6. The van der Waals surface area contributed by atoms with Crippen LogP contribution in [0.2, 0.25) is 0 Å². The third kappa shape index (κ3) is 4.96. The molecule has 2 aliphatic rings. The van der Waals surface area contributed by atoms with Gasteiger partial charge in [-0.25, -0.2) is 14.5 Å². The number of amides is 1. The lowest BCUT2D eigenvalue weighted by molar-refractivity contribution is 0.00466. The zero-order valence-corrected chi connectivity index (χ0v) is 17.5. The van der Waals surface area contributed by atoms with Crippen LogP contribution in [0, 0.1) is 0 Å². The summed E-state index contributed by atoms with van der Waals surface area (Å²) in [5, 5.41) is 7.85. The van der Waals surface area contributed by atoms with Gasteiger partial charge in [-0.05, 0) is 57.6 Å². The van der Waals surface area contributed by atoms with Gasteiger partial charge < -0.3 is 15.0 Å². The van der Waals surface area contributed by atoms with Crippen LogP contribution in [0.3, 0.4) is 0 Å². The van der Waals surface area contributed by atoms with Crippen molar-refractivity contribution in [2.24, 2.45) is 0 Å². The number of hydrogen-bond acceptors (Lipinski definition) is 5. The molecule has 2 atom stereocenters. The number of carbonyl (C=O) groups excluding carboxylic acids is 1. The molecule has 7 nitrogen and oxygen atoms in total. The SMILES string of the molecule is CC(C)(C)OC(=O)N1[C@H]2CC[C@H]1CC(NCc1ccc(Cn3cncn3)cc1)C2. The second-order valence-electron chi connectivity index (χ2n) is 9.23. The number of fused-ring (bicyclic) bond motifs is 2. The quantitative estimate of drug-likeness (QED) is 0.838. The summed E-state index contributed by atoms with van der Waals surface area (Å²) in [5.41, 5.74) is 2.04. The minimum absolute atomic E-state index is 0.147. The molecule has 3 heterocycles. The number of piperidine rings is 1. The van der Waals surface area contributed by atoms with E-state index in [1.807, 2.05) is 30.4 Å². The maximum atomic E-state index is 12.6. The molecule has 0 saturated carbocycles. The third-order valence-electron chi connectivity index (χ3n) is 5.77. The molecule has 2 aromatic rings. The van der Waals surface area contributed by atoms with E-state index in [4.69, 9.17) is 4.74 Å². The number of nitrogens with one attached hydrogen (secondary N) is 1. The second kappa shape index (κ2) is 8.14. The molecule has 1 aromatic carbocycles. The molecule has 2 fully saturated rings. The van der Waals surface area contributed by atoms with Gasteiger partial charge in [0.05, 0.1) is 6.54 Å². The van der Waals surface area contributed by atoms with E-state index in [2.05, 4.69) is 39.7 Å². The molecule has 0 aliphatic carbocycles. The normalized spacial score (nSPS) is 24.0. The molecule has 156 valence electrons. The van der Waals surface area contributed by atoms with Crippen molar-refractivity contribution in [1.29, 1.82) is 0 Å². The van der Waals surface area contributed by atoms with Crippen LogP contribution in [-0.2, 0) is 17.8 Å². The third-order valence-corrected chi connectivity index (χ3v) is 5.77. The Balaban J connectivity index is 1.28. The molecule has 1 amide bonds. The van der Waals surface area contributed by atoms with E-state index >= 15 is 0 Å². The molecule has 2 bridgehead atoms. The molecular weight excluding hydrogens is 366 g/mol. The Morgan fingerprint density at radius 3 is 2.38 bits per heavy atom. The number of carbonyl (C=O) groups is 1. The van der Waals surface area contributed by atoms with Gasteiger partial charge in [-0.3, -0.25) is 0 Å². The summed E-state index contributed by atoms with van der Waals surface area (Å²) >= 11 is 0. The van der Waals surface area contributed by atoms with Crippen molar-refractivity contribution in [3.05, 3.63) is 48.0 Å². The molecule has 2 saturated heterocycles. The average molecular weight is 398 g/mol. The van der Waals surface area contributed by atoms with E-state index in [0.717, 1.165) is 38.8 Å².